The fraction of sp³-hybridized carbons (Fsp3) is 0.766. The molecule has 1 aromatic carbocycles. The summed E-state index contributed by atoms with van der Waals surface area (Å²) in [4.78, 5) is 82.3. The number of carbonyl (C=O) groups excluding carboxylic acids is 3. The smallest absolute Gasteiger partial charge is 0.355 e. The Hall–Kier alpha value is -5.22. The molecule has 4 saturated carbocycles. The summed E-state index contributed by atoms with van der Waals surface area (Å²) in [5.41, 5.74) is 25.1. The molecule has 28 nitrogen and oxygen atoms in total. The highest BCUT2D eigenvalue weighted by molar-refractivity contribution is 5.90. The second kappa shape index (κ2) is 48.3. The Kier molecular flexibility index (Phi) is 39.3. The molecule has 1 atom stereocenters. The first-order chi connectivity index (χ1) is 51.3. The van der Waals surface area contributed by atoms with Crippen LogP contribution in [0.1, 0.15) is 139 Å². The van der Waals surface area contributed by atoms with Gasteiger partial charge in [0, 0.05) is 243 Å². The van der Waals surface area contributed by atoms with Crippen LogP contribution >= 0.6 is 0 Å². The Morgan fingerprint density at radius 3 is 1.60 bits per heavy atom. The number of aliphatic carboxylic acids is 1. The number of nitrogens with zero attached hydrogens (tertiary/aromatic N) is 8. The highest BCUT2D eigenvalue weighted by atomic mass is 16.6. The maximum Gasteiger partial charge on any atom is 0.355 e. The lowest BCUT2D eigenvalue weighted by molar-refractivity contribution is -0.189. The van der Waals surface area contributed by atoms with Gasteiger partial charge in [0.2, 0.25) is 11.5 Å². The van der Waals surface area contributed by atoms with Gasteiger partial charge < -0.3 is 94.4 Å². The third-order valence-corrected chi connectivity index (χ3v) is 22.2. The number of pyridine rings is 2. The van der Waals surface area contributed by atoms with E-state index in [1.165, 1.54) is 96.3 Å². The van der Waals surface area contributed by atoms with Crippen molar-refractivity contribution >= 4 is 34.7 Å². The first kappa shape index (κ1) is 85.4. The highest BCUT2D eigenvalue weighted by Gasteiger charge is 2.50. The van der Waals surface area contributed by atoms with Crippen molar-refractivity contribution in [3.05, 3.63) is 63.4 Å². The number of hydrogen-bond donors (Lipinski definition) is 13. The summed E-state index contributed by atoms with van der Waals surface area (Å²) < 4.78 is 12.5. The first-order valence-electron chi connectivity index (χ1n) is 40.6. The van der Waals surface area contributed by atoms with Crippen LogP contribution in [0.25, 0.3) is 22.3 Å². The van der Waals surface area contributed by atoms with Crippen LogP contribution in [0.15, 0.2) is 41.2 Å². The van der Waals surface area contributed by atoms with E-state index in [9.17, 15) is 24.0 Å². The van der Waals surface area contributed by atoms with Gasteiger partial charge >= 0.3 is 17.9 Å². The zero-order chi connectivity index (χ0) is 74.3. The molecular formula is C77H136N20O8. The number of esters is 2. The highest BCUT2D eigenvalue weighted by Crippen LogP contribution is 2.41. The molecular weight excluding hydrogens is 1330 g/mol. The van der Waals surface area contributed by atoms with Crippen LogP contribution in [0.4, 0.5) is 0 Å². The van der Waals surface area contributed by atoms with E-state index in [0.29, 0.717) is 31.0 Å². The predicted octanol–water partition coefficient (Wildman–Crippen LogP) is 0.752. The minimum Gasteiger partial charge on any atom is -0.481 e. The van der Waals surface area contributed by atoms with Crippen LogP contribution in [0.2, 0.25) is 0 Å². The van der Waals surface area contributed by atoms with E-state index in [1.54, 1.807) is 17.6 Å². The van der Waals surface area contributed by atoms with Crippen molar-refractivity contribution in [2.75, 3.05) is 216 Å². The number of aromatic nitrogens is 2. The van der Waals surface area contributed by atoms with Gasteiger partial charge in [-0.15, -0.1) is 0 Å². The fourth-order valence-corrected chi connectivity index (χ4v) is 14.7. The number of ether oxygens (including phenoxy) is 2. The van der Waals surface area contributed by atoms with Crippen LogP contribution < -0.4 is 71.0 Å². The van der Waals surface area contributed by atoms with Crippen molar-refractivity contribution in [3.8, 4) is 11.4 Å². The normalized spacial score (nSPS) is 17.4. The van der Waals surface area contributed by atoms with Gasteiger partial charge in [-0.2, -0.15) is 0 Å². The lowest BCUT2D eigenvalue weighted by Crippen LogP contribution is -2.48. The molecule has 0 spiro atoms. The van der Waals surface area contributed by atoms with Crippen LogP contribution in [-0.2, 0) is 47.4 Å². The molecule has 4 fully saturated rings. The van der Waals surface area contributed by atoms with Gasteiger partial charge in [0.1, 0.15) is 13.2 Å². The number of nitrogens with one attached hydrogen (secondary N) is 8. The predicted molar refractivity (Wildman–Crippen MR) is 418 cm³/mol. The number of carboxylic acid groups (broad SMARTS) is 1. The molecule has 0 bridgehead atoms. The molecule has 9 rings (SSSR count). The molecule has 0 unspecified atom stereocenters. The van der Waals surface area contributed by atoms with Gasteiger partial charge in [0.15, 0.2) is 0 Å². The summed E-state index contributed by atoms with van der Waals surface area (Å²) in [6.45, 7) is 33.5. The van der Waals surface area contributed by atoms with Crippen LogP contribution in [-0.4, -0.2) is 308 Å². The van der Waals surface area contributed by atoms with Gasteiger partial charge in [-0.05, 0) is 102 Å². The van der Waals surface area contributed by atoms with E-state index in [2.05, 4.69) is 71.9 Å². The minimum atomic E-state index is -1.88. The Labute approximate surface area is 626 Å². The Balaban J connectivity index is 0.000000314. The molecule has 0 radical (unpaired) electrons. The van der Waals surface area contributed by atoms with Gasteiger partial charge in [0.25, 0.3) is 5.56 Å². The third-order valence-electron chi connectivity index (χ3n) is 22.2. The average molecular weight is 1470 g/mol. The first-order valence-corrected chi connectivity index (χ1v) is 40.6. The summed E-state index contributed by atoms with van der Waals surface area (Å²) >= 11 is 0. The van der Waals surface area contributed by atoms with Gasteiger partial charge in [-0.3, -0.25) is 38.8 Å². The molecule has 6 aliphatic rings. The molecule has 4 aliphatic carbocycles. The maximum absolute atomic E-state index is 13.5. The number of carboxylic acids is 1. The van der Waals surface area contributed by atoms with E-state index in [1.807, 2.05) is 30.3 Å². The summed E-state index contributed by atoms with van der Waals surface area (Å²) in [6, 6.07) is 14.2. The molecule has 4 heterocycles. The topological polar surface area (TPSA) is 362 Å². The van der Waals surface area contributed by atoms with Crippen molar-refractivity contribution in [2.45, 2.75) is 165 Å². The number of benzene rings is 1. The number of nitrogens with two attached hydrogens (primary N) is 4. The summed E-state index contributed by atoms with van der Waals surface area (Å²) in [6.07, 6.45) is 19.3. The molecule has 2 aliphatic heterocycles. The number of para-hydroxylation sites is 1. The fourth-order valence-electron chi connectivity index (χ4n) is 14.7. The standard InChI is InChI=1S/C51H113N17.C26H23N3O8/c52-16-20-56-27-40-68(51-14-7-15-51)41-28-59-26-36-64(43-44-65(34-18-54)37-25-58-22-21-57-23-24-60-48-8-4-9-48)32-3-1-2-31-63(33-17-53)42-46-67(39-30-62-50-12-6-13-50)47-45-66(35-19-55)38-29-61-49-10-5-11-49;1-2-26(37-22(33)11-27-20(30)7-8-21(31)32)17-10-19-23-15(9-14-5-3-4-6-18(14)28-23)12-29(19)24(34)16(17)13-36-25(26)35/h48-51,56-62H,1-47,52-55H2;3-6,9-10H,2,7-8,11-13H2,1H3,(H,27,30)(H,31,32)/t;26-/m.0/s1. The molecule has 592 valence electrons. The SMILES string of the molecule is CC[C@@]1(OC(=O)CNC(=O)CCC(=O)O)C(=O)OCc2c1cc1n(c2=O)Cc2cc3ccccc3nc2-1.NCCNCCN(CCNCCN(CCCCCN(CCN)CCN(CCNC1CCC1)CCN(CCN)CCNC1CCC1)CCN(CCN)CCNCCNCCNC1CCC1)C1CCC1. The van der Waals surface area contributed by atoms with E-state index >= 15 is 0 Å². The molecule has 0 saturated heterocycles. The summed E-state index contributed by atoms with van der Waals surface area (Å²) in [5, 5.41) is 37.8. The zero-order valence-corrected chi connectivity index (χ0v) is 63.9. The number of fused-ring (bicyclic) bond motifs is 5. The molecule has 105 heavy (non-hydrogen) atoms. The van der Waals surface area contributed by atoms with E-state index in [4.69, 9.17) is 42.5 Å². The number of rotatable bonds is 58. The molecule has 1 amide bonds. The lowest BCUT2D eigenvalue weighted by atomic mass is 9.85. The van der Waals surface area contributed by atoms with Crippen LogP contribution in [0.5, 0.6) is 0 Å². The van der Waals surface area contributed by atoms with E-state index in [-0.39, 0.29) is 42.6 Å². The molecule has 28 heteroatoms. The van der Waals surface area contributed by atoms with Crippen LogP contribution in [0, 0.1) is 0 Å². The second-order valence-electron chi connectivity index (χ2n) is 29.7. The Morgan fingerprint density at radius 1 is 0.571 bits per heavy atom. The lowest BCUT2D eigenvalue weighted by Gasteiger charge is -2.37. The van der Waals surface area contributed by atoms with Gasteiger partial charge in [-0.25, -0.2) is 9.78 Å². The Bertz CT molecular complexity index is 3060. The number of amides is 1. The Morgan fingerprint density at radius 2 is 1.07 bits per heavy atom. The molecule has 17 N–H and O–H groups in total. The van der Waals surface area contributed by atoms with Crippen molar-refractivity contribution in [1.82, 2.24) is 81.5 Å². The number of carbonyl (C=O) groups is 4. The van der Waals surface area contributed by atoms with Crippen molar-refractivity contribution in [2.24, 2.45) is 22.9 Å². The third kappa shape index (κ3) is 28.9. The van der Waals surface area contributed by atoms with Crippen molar-refractivity contribution in [1.29, 1.82) is 0 Å². The van der Waals surface area contributed by atoms with E-state index < -0.39 is 36.0 Å². The summed E-state index contributed by atoms with van der Waals surface area (Å²) in [7, 11) is 0. The van der Waals surface area contributed by atoms with Gasteiger partial charge in [0.05, 0.1) is 35.4 Å². The number of unbranched alkanes of at least 4 members (excludes halogenated alkanes) is 2. The number of cyclic esters (lactones) is 1. The van der Waals surface area contributed by atoms with Crippen molar-refractivity contribution < 1.29 is 33.8 Å². The minimum absolute atomic E-state index is 0.0154. The quantitative estimate of drug-likeness (QED) is 0.0214. The largest absolute Gasteiger partial charge is 0.481 e. The monoisotopic (exact) mass is 1470 g/mol. The molecule has 2 aromatic heterocycles. The van der Waals surface area contributed by atoms with Crippen LogP contribution in [0.3, 0.4) is 0 Å². The zero-order valence-electron chi connectivity index (χ0n) is 63.9. The molecule has 3 aromatic rings. The van der Waals surface area contributed by atoms with Gasteiger partial charge in [-0.1, -0.05) is 57.2 Å². The maximum atomic E-state index is 13.5. The van der Waals surface area contributed by atoms with E-state index in [0.717, 1.165) is 237 Å². The second-order valence-corrected chi connectivity index (χ2v) is 29.7. The van der Waals surface area contributed by atoms with Crippen molar-refractivity contribution in [3.63, 3.8) is 0 Å². The number of hydrogen-bond acceptors (Lipinski definition) is 25. The summed E-state index contributed by atoms with van der Waals surface area (Å²) in [5.74, 6) is -3.54. The average Bonchev–Trinajstić information content (AvgIpc) is 1.67.